The number of allylic oxidation sites excluding steroid dienone is 4. The molecule has 2 bridgehead atoms. The fraction of sp³-hybridized carbons (Fsp3) is 0.595. The molecular weight excluding hydrogens is 676 g/mol. The van der Waals surface area contributed by atoms with Crippen LogP contribution >= 0.6 is 11.3 Å². The highest BCUT2D eigenvalue weighted by Gasteiger charge is 2.74. The Morgan fingerprint density at radius 3 is 2.29 bits per heavy atom. The monoisotopic (exact) mass is 719 g/mol. The highest BCUT2D eigenvalue weighted by Crippen LogP contribution is 2.78. The first-order valence-corrected chi connectivity index (χ1v) is 19.7. The molecule has 2 N–H and O–H groups in total. The molecule has 1 aromatic heterocycles. The number of nitrogens with zero attached hydrogens (tertiary/aromatic N) is 1. The van der Waals surface area contributed by atoms with E-state index in [1.54, 1.807) is 0 Å². The molecule has 0 amide bonds. The summed E-state index contributed by atoms with van der Waals surface area (Å²) in [4.78, 5) is 16.3. The Balaban J connectivity index is 1.26. The van der Waals surface area contributed by atoms with E-state index in [9.17, 15) is 36.6 Å². The smallest absolute Gasteiger partial charge is 0.406 e. The van der Waals surface area contributed by atoms with Crippen LogP contribution in [0.15, 0.2) is 60.2 Å². The number of carbonyl (C=O) groups is 1. The molecule has 0 saturated heterocycles. The SMILES string of the molecule is Cc1ccc(C(=O)C2=C[C@@]34C=C[C@@]25[C@@H]2CC[C@@](O)(CN(Cc6ccc(OC(F)(F)F)cc6)S(C)(=O)=O)[C@@]2(C)CC[C@@H]5[C@@]3(C)CCC(O)C4)s1. The number of fused-ring (bicyclic) bond motifs is 1. The minimum atomic E-state index is -4.85. The molecule has 6 aliphatic rings. The fourth-order valence-electron chi connectivity index (χ4n) is 10.9. The number of aryl methyl sites for hydroxylation is 1. The number of hydrogen-bond donors (Lipinski definition) is 2. The highest BCUT2D eigenvalue weighted by molar-refractivity contribution is 7.88. The van der Waals surface area contributed by atoms with Gasteiger partial charge in [0.1, 0.15) is 5.75 Å². The largest absolute Gasteiger partial charge is 0.573 e. The van der Waals surface area contributed by atoms with Gasteiger partial charge in [-0.3, -0.25) is 4.79 Å². The number of alkyl halides is 3. The second kappa shape index (κ2) is 11.2. The van der Waals surface area contributed by atoms with E-state index in [1.165, 1.54) is 27.8 Å². The lowest BCUT2D eigenvalue weighted by atomic mass is 9.32. The van der Waals surface area contributed by atoms with Gasteiger partial charge in [0, 0.05) is 39.8 Å². The van der Waals surface area contributed by atoms with Crippen molar-refractivity contribution < 1.29 is 41.3 Å². The number of halogens is 3. The van der Waals surface area contributed by atoms with E-state index in [1.807, 2.05) is 26.0 Å². The fourth-order valence-corrected chi connectivity index (χ4v) is 12.5. The minimum Gasteiger partial charge on any atom is -0.406 e. The van der Waals surface area contributed by atoms with Gasteiger partial charge in [0.2, 0.25) is 10.0 Å². The van der Waals surface area contributed by atoms with Crippen LogP contribution < -0.4 is 4.74 Å². The molecule has 8 rings (SSSR count). The van der Waals surface area contributed by atoms with Crippen LogP contribution in [0.2, 0.25) is 0 Å². The van der Waals surface area contributed by atoms with E-state index < -0.39 is 50.1 Å². The topological polar surface area (TPSA) is 104 Å². The van der Waals surface area contributed by atoms with Gasteiger partial charge >= 0.3 is 6.36 Å². The van der Waals surface area contributed by atoms with Crippen LogP contribution in [0.3, 0.4) is 0 Å². The Morgan fingerprint density at radius 1 is 1.00 bits per heavy atom. The molecule has 3 fully saturated rings. The second-order valence-corrected chi connectivity index (χ2v) is 19.0. The van der Waals surface area contributed by atoms with Gasteiger partial charge in [0.05, 0.1) is 22.8 Å². The molecule has 266 valence electrons. The minimum absolute atomic E-state index is 0.00987. The van der Waals surface area contributed by atoms with Gasteiger partial charge in [-0.15, -0.1) is 24.5 Å². The predicted octanol–water partition coefficient (Wildman–Crippen LogP) is 7.19. The molecule has 6 aliphatic carbocycles. The van der Waals surface area contributed by atoms with Gasteiger partial charge < -0.3 is 14.9 Å². The maximum absolute atomic E-state index is 14.6. The summed E-state index contributed by atoms with van der Waals surface area (Å²) in [6, 6.07) is 8.91. The number of rotatable bonds is 8. The van der Waals surface area contributed by atoms with Crippen LogP contribution in [0.4, 0.5) is 13.2 Å². The highest BCUT2D eigenvalue weighted by atomic mass is 32.2. The number of benzene rings is 1. The van der Waals surface area contributed by atoms with Crippen molar-refractivity contribution in [3.05, 3.63) is 75.5 Å². The average Bonchev–Trinajstić information content (AvgIpc) is 3.56. The quantitative estimate of drug-likeness (QED) is 0.221. The number of ether oxygens (including phenoxy) is 1. The molecule has 7 nitrogen and oxygen atoms in total. The number of thiophene rings is 1. The van der Waals surface area contributed by atoms with Crippen molar-refractivity contribution in [2.75, 3.05) is 12.8 Å². The van der Waals surface area contributed by atoms with Gasteiger partial charge in [-0.2, -0.15) is 4.31 Å². The van der Waals surface area contributed by atoms with Gasteiger partial charge in [-0.25, -0.2) is 8.42 Å². The van der Waals surface area contributed by atoms with Crippen LogP contribution in [0, 0.1) is 40.4 Å². The molecule has 49 heavy (non-hydrogen) atoms. The first kappa shape index (κ1) is 34.9. The zero-order valence-corrected chi connectivity index (χ0v) is 29.9. The molecule has 2 aromatic rings. The van der Waals surface area contributed by atoms with Crippen molar-refractivity contribution in [1.29, 1.82) is 0 Å². The van der Waals surface area contributed by atoms with E-state index in [4.69, 9.17) is 0 Å². The summed E-state index contributed by atoms with van der Waals surface area (Å²) in [5.41, 5.74) is -2.31. The maximum atomic E-state index is 14.6. The maximum Gasteiger partial charge on any atom is 0.573 e. The third-order valence-electron chi connectivity index (χ3n) is 13.3. The Labute approximate surface area is 289 Å². The van der Waals surface area contributed by atoms with Crippen molar-refractivity contribution in [2.24, 2.45) is 33.5 Å². The van der Waals surface area contributed by atoms with Crippen molar-refractivity contribution >= 4 is 27.1 Å². The lowest BCUT2D eigenvalue weighted by Gasteiger charge is -2.71. The average molecular weight is 720 g/mol. The zero-order valence-electron chi connectivity index (χ0n) is 28.2. The summed E-state index contributed by atoms with van der Waals surface area (Å²) < 4.78 is 69.8. The third-order valence-corrected chi connectivity index (χ3v) is 15.5. The Hall–Kier alpha value is -2.51. The summed E-state index contributed by atoms with van der Waals surface area (Å²) in [5.74, 6) is -0.466. The normalized spacial score (nSPS) is 38.2. The summed E-state index contributed by atoms with van der Waals surface area (Å²) in [6.45, 7) is 6.02. The molecule has 12 heteroatoms. The van der Waals surface area contributed by atoms with Crippen LogP contribution in [-0.4, -0.2) is 59.6 Å². The number of aliphatic hydroxyl groups is 2. The predicted molar refractivity (Wildman–Crippen MR) is 180 cm³/mol. The van der Waals surface area contributed by atoms with Crippen molar-refractivity contribution in [3.63, 3.8) is 0 Å². The lowest BCUT2D eigenvalue weighted by Crippen LogP contribution is -2.67. The molecular formula is C37H44F3NO6S2. The number of aliphatic hydroxyl groups excluding tert-OH is 1. The Morgan fingerprint density at radius 2 is 1.65 bits per heavy atom. The van der Waals surface area contributed by atoms with Crippen LogP contribution in [-0.2, 0) is 16.6 Å². The molecule has 8 atom stereocenters. The first-order valence-electron chi connectivity index (χ1n) is 17.0. The standard InChI is InChI=1S/C37H44F3NO6S2/c1-23-5-10-28(48-23)31(43)27-20-34-17-18-36(27)29(32(34,2)14-11-25(42)19-34)12-15-33(3)30(36)13-16-35(33,44)22-41(49(4,45)46)21-24-6-8-26(9-7-24)47-37(38,39)40/h5-10,17-18,20,25,29-30,42,44H,11-16,19,21-22H2,1-4H3/t25?,29-,30-,32-,33+,34+,35-,36-/m1/s1. The summed E-state index contributed by atoms with van der Waals surface area (Å²) in [7, 11) is -3.86. The van der Waals surface area contributed by atoms with Gasteiger partial charge in [-0.05, 0) is 98.9 Å². The van der Waals surface area contributed by atoms with Crippen molar-refractivity contribution in [3.8, 4) is 5.75 Å². The molecule has 0 radical (unpaired) electrons. The lowest BCUT2D eigenvalue weighted by molar-refractivity contribution is -0.274. The Bertz CT molecular complexity index is 1840. The van der Waals surface area contributed by atoms with Crippen LogP contribution in [0.1, 0.15) is 78.9 Å². The number of carbonyl (C=O) groups excluding carboxylic acids is 1. The van der Waals surface area contributed by atoms with E-state index in [2.05, 4.69) is 29.9 Å². The van der Waals surface area contributed by atoms with E-state index in [0.29, 0.717) is 42.5 Å². The number of Topliss-reactive ketones (excluding diaryl/α,β-unsaturated/α-hetero) is 1. The van der Waals surface area contributed by atoms with Crippen LogP contribution in [0.25, 0.3) is 0 Å². The zero-order chi connectivity index (χ0) is 35.4. The number of hydrogen-bond acceptors (Lipinski definition) is 7. The third kappa shape index (κ3) is 5.29. The summed E-state index contributed by atoms with van der Waals surface area (Å²) in [6.07, 6.45) is 6.79. The molecule has 2 spiro atoms. The number of ketones is 1. The number of sulfonamides is 1. The van der Waals surface area contributed by atoms with E-state index >= 15 is 0 Å². The Kier molecular flexibility index (Phi) is 8.01. The van der Waals surface area contributed by atoms with E-state index in [-0.39, 0.29) is 36.1 Å². The van der Waals surface area contributed by atoms with Crippen LogP contribution in [0.5, 0.6) is 5.75 Å². The van der Waals surface area contributed by atoms with Crippen molar-refractivity contribution in [1.82, 2.24) is 4.31 Å². The van der Waals surface area contributed by atoms with Gasteiger partial charge in [0.15, 0.2) is 5.78 Å². The summed E-state index contributed by atoms with van der Waals surface area (Å²) in [5, 5.41) is 23.6. The molecule has 0 aliphatic heterocycles. The van der Waals surface area contributed by atoms with Crippen molar-refractivity contribution in [2.45, 2.75) is 90.3 Å². The second-order valence-electron chi connectivity index (χ2n) is 15.8. The summed E-state index contributed by atoms with van der Waals surface area (Å²) >= 11 is 1.47. The molecule has 3 saturated carbocycles. The van der Waals surface area contributed by atoms with Gasteiger partial charge in [0.25, 0.3) is 0 Å². The molecule has 1 unspecified atom stereocenters. The molecule has 1 heterocycles. The van der Waals surface area contributed by atoms with Gasteiger partial charge in [-0.1, -0.05) is 44.2 Å². The molecule has 1 aromatic carbocycles. The van der Waals surface area contributed by atoms with E-state index in [0.717, 1.165) is 41.7 Å². The first-order chi connectivity index (χ1) is 22.8.